The maximum absolute atomic E-state index is 9.44. The van der Waals surface area contributed by atoms with E-state index in [9.17, 15) is 9.59 Å². The summed E-state index contributed by atoms with van der Waals surface area (Å²) in [6.07, 6.45) is -1.83. The lowest BCUT2D eigenvalue weighted by Gasteiger charge is -2.05. The Balaban J connectivity index is 2.47. The predicted octanol–water partition coefficient (Wildman–Crippen LogP) is 0.273. The van der Waals surface area contributed by atoms with Gasteiger partial charge in [0.1, 0.15) is 0 Å². The molecule has 0 aliphatic carbocycles. The van der Waals surface area contributed by atoms with Gasteiger partial charge in [0, 0.05) is 0 Å². The molecule has 0 aromatic heterocycles. The molecular weight excluding hydrogens is 88.0 g/mol. The van der Waals surface area contributed by atoms with Crippen LogP contribution in [0.15, 0.2) is 0 Å². The minimum Gasteiger partial charge on any atom is -0.327 e. The molecule has 0 bridgehead atoms. The smallest absolute Gasteiger partial charge is 0.327 e. The summed E-state index contributed by atoms with van der Waals surface area (Å²) in [6.45, 7) is 0. The van der Waals surface area contributed by atoms with Crippen LogP contribution in [-0.4, -0.2) is 12.3 Å². The average Bonchev–Trinajstić information content (AvgIpc) is 1.33. The van der Waals surface area contributed by atoms with E-state index >= 15 is 0 Å². The van der Waals surface area contributed by atoms with Crippen LogP contribution in [0.2, 0.25) is 0 Å². The quantitative estimate of drug-likeness (QED) is 0.315. The third-order valence-electron chi connectivity index (χ3n) is 0.333. The summed E-state index contributed by atoms with van der Waals surface area (Å²) in [5, 5.41) is 0. The Morgan fingerprint density at radius 2 is 1.33 bits per heavy atom. The lowest BCUT2D eigenvalue weighted by atomic mass is 11.1. The number of carbonyl (C=O) groups is 2. The molecule has 0 unspecified atom stereocenters. The summed E-state index contributed by atoms with van der Waals surface area (Å²) < 4.78 is 7.28. The van der Waals surface area contributed by atoms with E-state index in [1.54, 1.807) is 0 Å². The van der Waals surface area contributed by atoms with E-state index in [1.807, 2.05) is 0 Å². The van der Waals surface area contributed by atoms with E-state index in [4.69, 9.17) is 0 Å². The Morgan fingerprint density at radius 3 is 1.33 bits per heavy atom. The summed E-state index contributed by atoms with van der Waals surface area (Å²) in [7, 11) is 0. The summed E-state index contributed by atoms with van der Waals surface area (Å²) in [4.78, 5) is 18.9. The Kier molecular flexibility index (Phi) is 0.370. The van der Waals surface area contributed by atoms with Gasteiger partial charge in [-0.2, -0.15) is 0 Å². The highest BCUT2D eigenvalue weighted by atomic mass is 16.9. The van der Waals surface area contributed by atoms with Crippen molar-refractivity contribution in [2.24, 2.45) is 0 Å². The van der Waals surface area contributed by atoms with Crippen molar-refractivity contribution < 1.29 is 19.1 Å². The van der Waals surface area contributed by atoms with E-state index in [2.05, 4.69) is 9.47 Å². The van der Waals surface area contributed by atoms with Gasteiger partial charge < -0.3 is 9.47 Å². The van der Waals surface area contributed by atoms with Gasteiger partial charge in [0.25, 0.3) is 0 Å². The molecule has 0 atom stereocenters. The molecule has 32 valence electrons. The zero-order valence-corrected chi connectivity index (χ0v) is 2.63. The summed E-state index contributed by atoms with van der Waals surface area (Å²) in [6, 6.07) is 0. The van der Waals surface area contributed by atoms with Gasteiger partial charge >= 0.3 is 12.3 Å². The third-order valence-corrected chi connectivity index (χ3v) is 0.333. The monoisotopic (exact) mass is 88.0 g/mol. The molecule has 0 N–H and O–H groups in total. The molecule has 0 aromatic carbocycles. The van der Waals surface area contributed by atoms with Crippen molar-refractivity contribution in [2.75, 3.05) is 0 Å². The number of rotatable bonds is 0. The Labute approximate surface area is 32.6 Å². The highest BCUT2D eigenvalue weighted by molar-refractivity contribution is 5.93. The van der Waals surface area contributed by atoms with Crippen molar-refractivity contribution in [2.45, 2.75) is 0 Å². The second kappa shape index (κ2) is 0.707. The van der Waals surface area contributed by atoms with Crippen LogP contribution >= 0.6 is 0 Å². The lowest BCUT2D eigenvalue weighted by Crippen LogP contribution is -2.27. The standard InChI is InChI=1S/C2O4/c3-1-5-2(4)6-1. The molecule has 0 aromatic rings. The van der Waals surface area contributed by atoms with Crippen LogP contribution in [0, 0.1) is 0 Å². The van der Waals surface area contributed by atoms with Crippen molar-refractivity contribution in [3.8, 4) is 0 Å². The number of cyclic esters (lactones) is 4. The molecule has 1 heterocycles. The fourth-order valence-electron chi connectivity index (χ4n) is 0.144. The van der Waals surface area contributed by atoms with Crippen LogP contribution in [0.3, 0.4) is 0 Å². The fraction of sp³-hybridized carbons (Fsp3) is 0. The van der Waals surface area contributed by atoms with E-state index in [0.29, 0.717) is 0 Å². The van der Waals surface area contributed by atoms with Gasteiger partial charge in [0.15, 0.2) is 0 Å². The van der Waals surface area contributed by atoms with Crippen molar-refractivity contribution >= 4 is 12.3 Å². The number of hydrogen-bond donors (Lipinski definition) is 0. The molecule has 4 heteroatoms. The Morgan fingerprint density at radius 1 is 1.00 bits per heavy atom. The minimum absolute atomic E-state index is 0.917. The molecule has 1 saturated heterocycles. The molecule has 0 saturated carbocycles. The van der Waals surface area contributed by atoms with E-state index < -0.39 is 12.3 Å². The van der Waals surface area contributed by atoms with Gasteiger partial charge in [0.05, 0.1) is 0 Å². The molecule has 1 aliphatic heterocycles. The molecule has 1 fully saturated rings. The zero-order chi connectivity index (χ0) is 4.57. The van der Waals surface area contributed by atoms with E-state index in [1.165, 1.54) is 0 Å². The molecule has 0 radical (unpaired) electrons. The van der Waals surface area contributed by atoms with Gasteiger partial charge in [-0.1, -0.05) is 0 Å². The molecule has 1 aliphatic rings. The maximum atomic E-state index is 9.44. The van der Waals surface area contributed by atoms with Gasteiger partial charge in [-0.25, -0.2) is 9.59 Å². The molecule has 0 spiro atoms. The number of hydrogen-bond acceptors (Lipinski definition) is 4. The first-order valence-corrected chi connectivity index (χ1v) is 1.22. The second-order valence-corrected chi connectivity index (χ2v) is 0.704. The van der Waals surface area contributed by atoms with Gasteiger partial charge in [-0.05, 0) is 0 Å². The number of ether oxygens (including phenoxy) is 2. The van der Waals surface area contributed by atoms with Crippen LogP contribution in [0.4, 0.5) is 9.59 Å². The SMILES string of the molecule is O=C1OC(=O)O1. The average molecular weight is 88.0 g/mol. The fourth-order valence-corrected chi connectivity index (χ4v) is 0.144. The molecular formula is C2O4. The van der Waals surface area contributed by atoms with Crippen molar-refractivity contribution in [3.05, 3.63) is 0 Å². The molecule has 4 nitrogen and oxygen atoms in total. The first kappa shape index (κ1) is 3.14. The maximum Gasteiger partial charge on any atom is 0.528 e. The van der Waals surface area contributed by atoms with Crippen LogP contribution in [0.25, 0.3) is 0 Å². The minimum atomic E-state index is -0.917. The van der Waals surface area contributed by atoms with Crippen molar-refractivity contribution in [3.63, 3.8) is 0 Å². The zero-order valence-electron chi connectivity index (χ0n) is 2.63. The van der Waals surface area contributed by atoms with E-state index in [0.717, 1.165) is 0 Å². The molecule has 6 heavy (non-hydrogen) atoms. The van der Waals surface area contributed by atoms with E-state index in [-0.39, 0.29) is 0 Å². The van der Waals surface area contributed by atoms with Gasteiger partial charge in [-0.3, -0.25) is 0 Å². The van der Waals surface area contributed by atoms with Gasteiger partial charge in [0.2, 0.25) is 0 Å². The van der Waals surface area contributed by atoms with Crippen LogP contribution in [0.1, 0.15) is 0 Å². The highest BCUT2D eigenvalue weighted by Crippen LogP contribution is 2.00. The van der Waals surface area contributed by atoms with Crippen molar-refractivity contribution in [1.29, 1.82) is 0 Å². The Hall–Kier alpha value is -1.06. The first-order chi connectivity index (χ1) is 2.79. The van der Waals surface area contributed by atoms with Crippen LogP contribution in [0.5, 0.6) is 0 Å². The summed E-state index contributed by atoms with van der Waals surface area (Å²) in [5.41, 5.74) is 0. The first-order valence-electron chi connectivity index (χ1n) is 1.22. The van der Waals surface area contributed by atoms with Crippen molar-refractivity contribution in [1.82, 2.24) is 0 Å². The number of carbonyl (C=O) groups excluding carboxylic acids is 2. The highest BCUT2D eigenvalue weighted by Gasteiger charge is 2.27. The van der Waals surface area contributed by atoms with Crippen LogP contribution < -0.4 is 0 Å². The predicted molar refractivity (Wildman–Crippen MR) is 13.0 cm³/mol. The van der Waals surface area contributed by atoms with Gasteiger partial charge in [-0.15, -0.1) is 0 Å². The van der Waals surface area contributed by atoms with Crippen LogP contribution in [-0.2, 0) is 9.47 Å². The lowest BCUT2D eigenvalue weighted by molar-refractivity contribution is 0.00679. The largest absolute Gasteiger partial charge is 0.528 e. The topological polar surface area (TPSA) is 52.6 Å². The second-order valence-electron chi connectivity index (χ2n) is 0.704. The molecule has 1 rings (SSSR count). The summed E-state index contributed by atoms with van der Waals surface area (Å²) in [5.74, 6) is 0. The summed E-state index contributed by atoms with van der Waals surface area (Å²) >= 11 is 0. The molecule has 0 amide bonds. The Bertz CT molecular complexity index is 82.1. The third kappa shape index (κ3) is 0.230. The normalized spacial score (nSPS) is 18.0.